The van der Waals surface area contributed by atoms with Crippen molar-refractivity contribution in [3.8, 4) is 10.8 Å². The van der Waals surface area contributed by atoms with E-state index in [2.05, 4.69) is 5.32 Å². The third-order valence-electron chi connectivity index (χ3n) is 4.68. The average Bonchev–Trinajstić information content (AvgIpc) is 3.30. The van der Waals surface area contributed by atoms with Gasteiger partial charge in [0.15, 0.2) is 6.10 Å². The molecule has 0 aliphatic carbocycles. The maximum atomic E-state index is 12.9. The molecular formula is C22H24N2O4S. The zero-order chi connectivity index (χ0) is 21.1. The first-order valence-electron chi connectivity index (χ1n) is 9.21. The molecule has 29 heavy (non-hydrogen) atoms. The largest absolute Gasteiger partial charge is 0.495 e. The van der Waals surface area contributed by atoms with Crippen molar-refractivity contribution in [3.63, 3.8) is 0 Å². The lowest BCUT2D eigenvalue weighted by atomic mass is 10.1. The van der Waals surface area contributed by atoms with Gasteiger partial charge in [0.2, 0.25) is 0 Å². The fourth-order valence-corrected chi connectivity index (χ4v) is 4.04. The molecule has 1 atom stereocenters. The summed E-state index contributed by atoms with van der Waals surface area (Å²) >= 11 is 1.52. The van der Waals surface area contributed by atoms with E-state index in [1.54, 1.807) is 13.0 Å². The number of benzene rings is 1. The van der Waals surface area contributed by atoms with E-state index in [4.69, 9.17) is 9.47 Å². The molecule has 3 aromatic rings. The molecule has 0 fully saturated rings. The Labute approximate surface area is 174 Å². The maximum absolute atomic E-state index is 12.9. The second-order valence-electron chi connectivity index (χ2n) is 6.79. The summed E-state index contributed by atoms with van der Waals surface area (Å²) in [4.78, 5) is 26.6. The summed E-state index contributed by atoms with van der Waals surface area (Å²) in [5, 5.41) is 3.56. The lowest BCUT2D eigenvalue weighted by Crippen LogP contribution is -2.30. The van der Waals surface area contributed by atoms with E-state index in [0.29, 0.717) is 17.0 Å². The molecule has 0 bridgehead atoms. The molecule has 3 rings (SSSR count). The van der Waals surface area contributed by atoms with Gasteiger partial charge in [0, 0.05) is 17.3 Å². The van der Waals surface area contributed by atoms with Crippen LogP contribution >= 0.6 is 11.3 Å². The zero-order valence-electron chi connectivity index (χ0n) is 17.1. The first-order chi connectivity index (χ1) is 13.8. The van der Waals surface area contributed by atoms with Gasteiger partial charge in [-0.05, 0) is 63.1 Å². The van der Waals surface area contributed by atoms with Crippen molar-refractivity contribution < 1.29 is 19.1 Å². The molecule has 0 aliphatic rings. The number of ether oxygens (including phenoxy) is 2. The molecule has 0 saturated carbocycles. The SMILES string of the molecule is COc1ccc(C)cc1NC(=O)[C@@H](C)OC(=O)c1c(-n2cccc2)sc(C)c1C. The van der Waals surface area contributed by atoms with Gasteiger partial charge in [0.1, 0.15) is 10.8 Å². The average molecular weight is 413 g/mol. The molecule has 0 saturated heterocycles. The second-order valence-corrected chi connectivity index (χ2v) is 8.00. The highest BCUT2D eigenvalue weighted by molar-refractivity contribution is 7.15. The Kier molecular flexibility index (Phi) is 6.08. The third kappa shape index (κ3) is 4.35. The van der Waals surface area contributed by atoms with Crippen molar-refractivity contribution in [1.82, 2.24) is 4.57 Å². The fraction of sp³-hybridized carbons (Fsp3) is 0.273. The number of amides is 1. The zero-order valence-corrected chi connectivity index (χ0v) is 17.9. The Hall–Kier alpha value is -3.06. The smallest absolute Gasteiger partial charge is 0.342 e. The van der Waals surface area contributed by atoms with Crippen molar-refractivity contribution >= 4 is 28.9 Å². The summed E-state index contributed by atoms with van der Waals surface area (Å²) in [6.07, 6.45) is 2.79. The van der Waals surface area contributed by atoms with Crippen LogP contribution in [-0.2, 0) is 9.53 Å². The highest BCUT2D eigenvalue weighted by Gasteiger charge is 2.26. The minimum atomic E-state index is -0.968. The number of anilines is 1. The molecule has 152 valence electrons. The lowest BCUT2D eigenvalue weighted by Gasteiger charge is -2.16. The molecule has 2 heterocycles. The van der Waals surface area contributed by atoms with Crippen LogP contribution < -0.4 is 10.1 Å². The molecule has 1 amide bonds. The highest BCUT2D eigenvalue weighted by atomic mass is 32.1. The van der Waals surface area contributed by atoms with E-state index in [-0.39, 0.29) is 0 Å². The predicted molar refractivity (Wildman–Crippen MR) is 114 cm³/mol. The van der Waals surface area contributed by atoms with Gasteiger partial charge < -0.3 is 19.4 Å². The van der Waals surface area contributed by atoms with E-state index in [1.165, 1.54) is 18.4 Å². The molecule has 0 unspecified atom stereocenters. The van der Waals surface area contributed by atoms with Crippen LogP contribution in [0.2, 0.25) is 0 Å². The van der Waals surface area contributed by atoms with Gasteiger partial charge in [-0.15, -0.1) is 11.3 Å². The van der Waals surface area contributed by atoms with Crippen molar-refractivity contribution in [2.45, 2.75) is 33.8 Å². The predicted octanol–water partition coefficient (Wildman–Crippen LogP) is 4.66. The molecule has 0 radical (unpaired) electrons. The summed E-state index contributed by atoms with van der Waals surface area (Å²) in [6.45, 7) is 7.32. The van der Waals surface area contributed by atoms with Crippen LogP contribution in [0.1, 0.15) is 33.3 Å². The summed E-state index contributed by atoms with van der Waals surface area (Å²) < 4.78 is 12.7. The summed E-state index contributed by atoms with van der Waals surface area (Å²) in [5.74, 6) is -0.398. The van der Waals surface area contributed by atoms with E-state index in [0.717, 1.165) is 21.0 Å². The number of nitrogens with one attached hydrogen (secondary N) is 1. The Morgan fingerprint density at radius 1 is 1.14 bits per heavy atom. The first-order valence-corrected chi connectivity index (χ1v) is 10.0. The number of nitrogens with zero attached hydrogens (tertiary/aromatic N) is 1. The second kappa shape index (κ2) is 8.53. The number of hydrogen-bond donors (Lipinski definition) is 1. The van der Waals surface area contributed by atoms with Gasteiger partial charge in [-0.25, -0.2) is 4.79 Å². The van der Waals surface area contributed by atoms with Gasteiger partial charge in [0.05, 0.1) is 18.4 Å². The molecule has 1 N–H and O–H groups in total. The van der Waals surface area contributed by atoms with E-state index >= 15 is 0 Å². The normalized spacial score (nSPS) is 11.8. The monoisotopic (exact) mass is 412 g/mol. The van der Waals surface area contributed by atoms with E-state index < -0.39 is 18.0 Å². The summed E-state index contributed by atoms with van der Waals surface area (Å²) in [5.41, 5.74) is 2.86. The quantitative estimate of drug-likeness (QED) is 0.598. The van der Waals surface area contributed by atoms with Gasteiger partial charge in [-0.1, -0.05) is 6.07 Å². The van der Waals surface area contributed by atoms with Crippen LogP contribution in [0.25, 0.3) is 5.00 Å². The molecule has 6 nitrogen and oxygen atoms in total. The molecule has 1 aromatic carbocycles. The minimum absolute atomic E-state index is 0.422. The number of hydrogen-bond acceptors (Lipinski definition) is 5. The standard InChI is InChI=1S/C22H24N2O4S/c1-13-8-9-18(27-5)17(12-13)23-20(25)15(3)28-22(26)19-14(2)16(4)29-21(19)24-10-6-7-11-24/h6-12,15H,1-5H3,(H,23,25)/t15-/m1/s1. The third-order valence-corrected chi connectivity index (χ3v) is 5.90. The summed E-state index contributed by atoms with van der Waals surface area (Å²) in [6, 6.07) is 9.27. The Morgan fingerprint density at radius 3 is 2.48 bits per heavy atom. The number of aryl methyl sites for hydroxylation is 2. The number of carbonyl (C=O) groups is 2. The summed E-state index contributed by atoms with van der Waals surface area (Å²) in [7, 11) is 1.54. The van der Waals surface area contributed by atoms with E-state index in [1.807, 2.05) is 62.0 Å². The molecule has 0 aliphatic heterocycles. The number of thiophene rings is 1. The maximum Gasteiger partial charge on any atom is 0.342 e. The first kappa shape index (κ1) is 20.7. The van der Waals surface area contributed by atoms with Gasteiger partial charge in [-0.2, -0.15) is 0 Å². The van der Waals surface area contributed by atoms with Crippen molar-refractivity contribution in [1.29, 1.82) is 0 Å². The van der Waals surface area contributed by atoms with Crippen LogP contribution in [0.15, 0.2) is 42.7 Å². The highest BCUT2D eigenvalue weighted by Crippen LogP contribution is 2.32. The van der Waals surface area contributed by atoms with Gasteiger partial charge in [0.25, 0.3) is 5.91 Å². The molecule has 2 aromatic heterocycles. The molecular weight excluding hydrogens is 388 g/mol. The molecule has 0 spiro atoms. The Morgan fingerprint density at radius 2 is 1.83 bits per heavy atom. The van der Waals surface area contributed by atoms with Crippen molar-refractivity contribution in [2.75, 3.05) is 12.4 Å². The Bertz CT molecular complexity index is 1040. The van der Waals surface area contributed by atoms with Crippen molar-refractivity contribution in [2.24, 2.45) is 0 Å². The fourth-order valence-electron chi connectivity index (χ4n) is 2.93. The van der Waals surface area contributed by atoms with E-state index in [9.17, 15) is 9.59 Å². The molecule has 7 heteroatoms. The van der Waals surface area contributed by atoms with Gasteiger partial charge in [-0.3, -0.25) is 4.79 Å². The van der Waals surface area contributed by atoms with Crippen LogP contribution in [0.5, 0.6) is 5.75 Å². The van der Waals surface area contributed by atoms with Crippen LogP contribution in [0.3, 0.4) is 0 Å². The number of methoxy groups -OCH3 is 1. The van der Waals surface area contributed by atoms with Crippen LogP contribution in [0.4, 0.5) is 5.69 Å². The van der Waals surface area contributed by atoms with Crippen molar-refractivity contribution in [3.05, 3.63) is 64.3 Å². The lowest BCUT2D eigenvalue weighted by molar-refractivity contribution is -0.123. The number of aromatic nitrogens is 1. The van der Waals surface area contributed by atoms with Crippen LogP contribution in [0, 0.1) is 20.8 Å². The number of carbonyl (C=O) groups excluding carboxylic acids is 2. The van der Waals surface area contributed by atoms with Crippen LogP contribution in [-0.4, -0.2) is 29.7 Å². The number of esters is 1. The number of rotatable bonds is 6. The minimum Gasteiger partial charge on any atom is -0.495 e. The Balaban J connectivity index is 1.78. The van der Waals surface area contributed by atoms with Gasteiger partial charge >= 0.3 is 5.97 Å². The topological polar surface area (TPSA) is 69.6 Å².